The summed E-state index contributed by atoms with van der Waals surface area (Å²) in [5, 5.41) is 3.46. The van der Waals surface area contributed by atoms with Crippen LogP contribution in [0.1, 0.15) is 25.5 Å². The molecule has 0 radical (unpaired) electrons. The minimum Gasteiger partial charge on any atom is -0.311 e. The Kier molecular flexibility index (Phi) is 4.88. The fourth-order valence-corrected chi connectivity index (χ4v) is 2.34. The van der Waals surface area contributed by atoms with Gasteiger partial charge in [0.1, 0.15) is 6.33 Å². The van der Waals surface area contributed by atoms with Gasteiger partial charge in [0.05, 0.1) is 5.69 Å². The first-order chi connectivity index (χ1) is 8.34. The molecule has 17 heavy (non-hydrogen) atoms. The Bertz CT molecular complexity index is 308. The lowest BCUT2D eigenvalue weighted by Gasteiger charge is -2.20. The standard InChI is InChI=1S/C13H22N4/c1-12(10-17-6-2-3-7-17)8-15-9-13-4-5-14-11-16-13/h4-5,11-12,15H,2-3,6-10H2,1H3. The van der Waals surface area contributed by atoms with Crippen LogP contribution in [0.25, 0.3) is 0 Å². The molecule has 0 aromatic carbocycles. The lowest BCUT2D eigenvalue weighted by molar-refractivity contribution is 0.282. The zero-order valence-electron chi connectivity index (χ0n) is 10.6. The van der Waals surface area contributed by atoms with E-state index in [9.17, 15) is 0 Å². The molecule has 0 aliphatic carbocycles. The molecule has 0 bridgehead atoms. The van der Waals surface area contributed by atoms with Crippen LogP contribution in [0.15, 0.2) is 18.6 Å². The van der Waals surface area contributed by atoms with Gasteiger partial charge in [-0.2, -0.15) is 0 Å². The van der Waals surface area contributed by atoms with Gasteiger partial charge in [-0.05, 0) is 44.5 Å². The number of rotatable bonds is 6. The predicted molar refractivity (Wildman–Crippen MR) is 68.6 cm³/mol. The van der Waals surface area contributed by atoms with Crippen LogP contribution < -0.4 is 5.32 Å². The van der Waals surface area contributed by atoms with E-state index in [1.54, 1.807) is 12.5 Å². The SMILES string of the molecule is CC(CNCc1ccncn1)CN1CCCC1. The predicted octanol–water partition coefficient (Wildman–Crippen LogP) is 1.30. The zero-order chi connectivity index (χ0) is 11.9. The van der Waals surface area contributed by atoms with Gasteiger partial charge in [-0.25, -0.2) is 9.97 Å². The molecule has 1 aliphatic heterocycles. The number of aromatic nitrogens is 2. The lowest BCUT2D eigenvalue weighted by atomic mass is 10.1. The van der Waals surface area contributed by atoms with Crippen LogP contribution >= 0.6 is 0 Å². The number of nitrogens with one attached hydrogen (secondary N) is 1. The van der Waals surface area contributed by atoms with E-state index < -0.39 is 0 Å². The van der Waals surface area contributed by atoms with E-state index in [-0.39, 0.29) is 0 Å². The Hall–Kier alpha value is -1.00. The van der Waals surface area contributed by atoms with E-state index in [2.05, 4.69) is 27.1 Å². The molecule has 0 amide bonds. The summed E-state index contributed by atoms with van der Waals surface area (Å²) in [6.45, 7) is 8.00. The summed E-state index contributed by atoms with van der Waals surface area (Å²) in [5.74, 6) is 0.704. The van der Waals surface area contributed by atoms with Crippen molar-refractivity contribution in [3.05, 3.63) is 24.3 Å². The number of hydrogen-bond acceptors (Lipinski definition) is 4. The molecule has 1 N–H and O–H groups in total. The number of nitrogens with zero attached hydrogens (tertiary/aromatic N) is 3. The summed E-state index contributed by atoms with van der Waals surface area (Å²) in [5.41, 5.74) is 1.06. The van der Waals surface area contributed by atoms with E-state index in [4.69, 9.17) is 0 Å². The average Bonchev–Trinajstić information content (AvgIpc) is 2.83. The number of hydrogen-bond donors (Lipinski definition) is 1. The van der Waals surface area contributed by atoms with Crippen molar-refractivity contribution in [2.45, 2.75) is 26.3 Å². The Balaban J connectivity index is 1.61. The van der Waals surface area contributed by atoms with Crippen molar-refractivity contribution in [2.24, 2.45) is 5.92 Å². The van der Waals surface area contributed by atoms with Gasteiger partial charge in [-0.3, -0.25) is 0 Å². The number of likely N-dealkylation sites (tertiary alicyclic amines) is 1. The summed E-state index contributed by atoms with van der Waals surface area (Å²) in [7, 11) is 0. The third-order valence-corrected chi connectivity index (χ3v) is 3.21. The molecule has 2 rings (SSSR count). The van der Waals surface area contributed by atoms with Crippen molar-refractivity contribution in [3.8, 4) is 0 Å². The molecule has 2 heterocycles. The largest absolute Gasteiger partial charge is 0.311 e. The summed E-state index contributed by atoms with van der Waals surface area (Å²) >= 11 is 0. The molecule has 0 saturated carbocycles. The Morgan fingerprint density at radius 3 is 2.94 bits per heavy atom. The van der Waals surface area contributed by atoms with Crippen LogP contribution in [-0.4, -0.2) is 41.0 Å². The van der Waals surface area contributed by atoms with E-state index >= 15 is 0 Å². The van der Waals surface area contributed by atoms with Crippen molar-refractivity contribution < 1.29 is 0 Å². The van der Waals surface area contributed by atoms with Gasteiger partial charge in [0.25, 0.3) is 0 Å². The highest BCUT2D eigenvalue weighted by Crippen LogP contribution is 2.09. The second-order valence-corrected chi connectivity index (χ2v) is 4.94. The summed E-state index contributed by atoms with van der Waals surface area (Å²) < 4.78 is 0. The molecule has 4 heteroatoms. The van der Waals surface area contributed by atoms with Crippen molar-refractivity contribution >= 4 is 0 Å². The third kappa shape index (κ3) is 4.40. The van der Waals surface area contributed by atoms with Gasteiger partial charge in [0.2, 0.25) is 0 Å². The fourth-order valence-electron chi connectivity index (χ4n) is 2.34. The average molecular weight is 234 g/mol. The molecule has 1 aromatic rings. The fraction of sp³-hybridized carbons (Fsp3) is 0.692. The topological polar surface area (TPSA) is 41.1 Å². The van der Waals surface area contributed by atoms with Gasteiger partial charge < -0.3 is 10.2 Å². The van der Waals surface area contributed by atoms with Crippen LogP contribution in [-0.2, 0) is 6.54 Å². The van der Waals surface area contributed by atoms with Crippen LogP contribution in [0.4, 0.5) is 0 Å². The van der Waals surface area contributed by atoms with E-state index in [1.165, 1.54) is 32.5 Å². The molecule has 1 saturated heterocycles. The maximum atomic E-state index is 4.19. The molecular formula is C13H22N4. The summed E-state index contributed by atoms with van der Waals surface area (Å²) in [6, 6.07) is 1.96. The quantitative estimate of drug-likeness (QED) is 0.805. The van der Waals surface area contributed by atoms with Gasteiger partial charge in [-0.1, -0.05) is 6.92 Å². The molecule has 1 atom stereocenters. The van der Waals surface area contributed by atoms with Crippen molar-refractivity contribution in [1.82, 2.24) is 20.2 Å². The monoisotopic (exact) mass is 234 g/mol. The summed E-state index contributed by atoms with van der Waals surface area (Å²) in [4.78, 5) is 10.7. The molecule has 4 nitrogen and oxygen atoms in total. The second-order valence-electron chi connectivity index (χ2n) is 4.94. The first kappa shape index (κ1) is 12.5. The van der Waals surface area contributed by atoms with Crippen LogP contribution in [0.5, 0.6) is 0 Å². The first-order valence-corrected chi connectivity index (χ1v) is 6.52. The second kappa shape index (κ2) is 6.67. The van der Waals surface area contributed by atoms with E-state index in [0.29, 0.717) is 5.92 Å². The Morgan fingerprint density at radius 2 is 2.24 bits per heavy atom. The molecule has 94 valence electrons. The first-order valence-electron chi connectivity index (χ1n) is 6.52. The van der Waals surface area contributed by atoms with E-state index in [1.807, 2.05) is 6.07 Å². The lowest BCUT2D eigenvalue weighted by Crippen LogP contribution is -2.31. The highest BCUT2D eigenvalue weighted by atomic mass is 15.1. The van der Waals surface area contributed by atoms with Gasteiger partial charge in [-0.15, -0.1) is 0 Å². The summed E-state index contributed by atoms with van der Waals surface area (Å²) in [6.07, 6.45) is 6.14. The molecule has 1 unspecified atom stereocenters. The van der Waals surface area contributed by atoms with Crippen LogP contribution in [0, 0.1) is 5.92 Å². The highest BCUT2D eigenvalue weighted by Gasteiger charge is 2.14. The minimum absolute atomic E-state index is 0.704. The van der Waals surface area contributed by atoms with Gasteiger partial charge >= 0.3 is 0 Å². The molecular weight excluding hydrogens is 212 g/mol. The maximum Gasteiger partial charge on any atom is 0.115 e. The smallest absolute Gasteiger partial charge is 0.115 e. The molecule has 1 aliphatic rings. The maximum absolute atomic E-state index is 4.19. The van der Waals surface area contributed by atoms with E-state index in [0.717, 1.165) is 18.8 Å². The van der Waals surface area contributed by atoms with Crippen LogP contribution in [0.3, 0.4) is 0 Å². The van der Waals surface area contributed by atoms with Gasteiger partial charge in [0, 0.05) is 19.3 Å². The van der Waals surface area contributed by atoms with Crippen molar-refractivity contribution in [1.29, 1.82) is 0 Å². The minimum atomic E-state index is 0.704. The molecule has 1 fully saturated rings. The third-order valence-electron chi connectivity index (χ3n) is 3.21. The normalized spacial score (nSPS) is 18.4. The Morgan fingerprint density at radius 1 is 1.41 bits per heavy atom. The highest BCUT2D eigenvalue weighted by molar-refractivity contribution is 4.96. The van der Waals surface area contributed by atoms with Gasteiger partial charge in [0.15, 0.2) is 0 Å². The van der Waals surface area contributed by atoms with Crippen molar-refractivity contribution in [2.75, 3.05) is 26.2 Å². The zero-order valence-corrected chi connectivity index (χ0v) is 10.6. The van der Waals surface area contributed by atoms with Crippen LogP contribution in [0.2, 0.25) is 0 Å². The van der Waals surface area contributed by atoms with Crippen molar-refractivity contribution in [3.63, 3.8) is 0 Å². The molecule has 1 aromatic heterocycles. The Labute approximate surface area is 103 Å². The molecule has 0 spiro atoms.